The van der Waals surface area contributed by atoms with E-state index >= 15 is 0 Å². The van der Waals surface area contributed by atoms with Gasteiger partial charge in [-0.2, -0.15) is 5.10 Å². The molecule has 3 atom stereocenters. The molecule has 1 saturated heterocycles. The van der Waals surface area contributed by atoms with E-state index in [0.29, 0.717) is 28.6 Å². The molecule has 0 aliphatic carbocycles. The number of benzene rings is 1. The first kappa shape index (κ1) is 18.3. The van der Waals surface area contributed by atoms with Crippen LogP contribution in [0.25, 0.3) is 16.3 Å². The van der Waals surface area contributed by atoms with Crippen LogP contribution in [0.4, 0.5) is 4.39 Å². The zero-order chi connectivity index (χ0) is 20.1. The van der Waals surface area contributed by atoms with Crippen molar-refractivity contribution in [3.8, 4) is 27.2 Å². The van der Waals surface area contributed by atoms with Gasteiger partial charge in [-0.1, -0.05) is 16.4 Å². The molecule has 29 heavy (non-hydrogen) atoms. The van der Waals surface area contributed by atoms with Gasteiger partial charge in [0.25, 0.3) is 5.19 Å². The van der Waals surface area contributed by atoms with Gasteiger partial charge in [-0.3, -0.25) is 0 Å². The SMILES string of the molecule is CC1=C(F)C2CC(Oc3nnc(-c4ccc(-n5ccc(C)n5)cc4O)s3)CC1N2. The summed E-state index contributed by atoms with van der Waals surface area (Å²) < 4.78 is 21.8. The van der Waals surface area contributed by atoms with Crippen LogP contribution < -0.4 is 10.1 Å². The van der Waals surface area contributed by atoms with Crippen LogP contribution in [-0.4, -0.2) is 43.3 Å². The predicted octanol–water partition coefficient (Wildman–Crippen LogP) is 3.53. The van der Waals surface area contributed by atoms with E-state index in [1.807, 2.05) is 32.2 Å². The summed E-state index contributed by atoms with van der Waals surface area (Å²) in [5, 5.41) is 27.4. The normalized spacial score (nSPS) is 23.6. The molecule has 2 aliphatic heterocycles. The number of hydrogen-bond donors (Lipinski definition) is 2. The molecule has 2 aliphatic rings. The van der Waals surface area contributed by atoms with Gasteiger partial charge in [0.1, 0.15) is 17.7 Å². The number of aromatic nitrogens is 4. The molecular formula is C20H20FN5O2S. The summed E-state index contributed by atoms with van der Waals surface area (Å²) in [5.41, 5.74) is 3.02. The van der Waals surface area contributed by atoms with Gasteiger partial charge >= 0.3 is 0 Å². The molecule has 2 N–H and O–H groups in total. The van der Waals surface area contributed by atoms with Crippen molar-refractivity contribution in [2.45, 2.75) is 44.9 Å². The molecule has 9 heteroatoms. The van der Waals surface area contributed by atoms with E-state index in [2.05, 4.69) is 20.6 Å². The molecule has 0 saturated carbocycles. The first-order valence-corrected chi connectivity index (χ1v) is 10.3. The molecule has 2 aromatic heterocycles. The molecule has 0 radical (unpaired) electrons. The van der Waals surface area contributed by atoms with Crippen molar-refractivity contribution < 1.29 is 14.2 Å². The van der Waals surface area contributed by atoms with Gasteiger partial charge in [0, 0.05) is 31.1 Å². The highest BCUT2D eigenvalue weighted by atomic mass is 32.1. The maximum absolute atomic E-state index is 14.1. The fraction of sp³-hybridized carbons (Fsp3) is 0.350. The molecule has 0 spiro atoms. The Labute approximate surface area is 170 Å². The van der Waals surface area contributed by atoms with Gasteiger partial charge in [-0.25, -0.2) is 9.07 Å². The third-order valence-corrected chi connectivity index (χ3v) is 6.32. The third kappa shape index (κ3) is 3.30. The van der Waals surface area contributed by atoms with Crippen molar-refractivity contribution in [2.24, 2.45) is 0 Å². The average Bonchev–Trinajstić information content (AvgIpc) is 3.39. The second-order valence-corrected chi connectivity index (χ2v) is 8.43. The molecule has 3 aromatic rings. The van der Waals surface area contributed by atoms with Gasteiger partial charge < -0.3 is 15.2 Å². The van der Waals surface area contributed by atoms with E-state index in [4.69, 9.17) is 4.74 Å². The number of ether oxygens (including phenoxy) is 1. The summed E-state index contributed by atoms with van der Waals surface area (Å²) >= 11 is 1.27. The van der Waals surface area contributed by atoms with Gasteiger partial charge in [-0.15, -0.1) is 5.10 Å². The summed E-state index contributed by atoms with van der Waals surface area (Å²) in [4.78, 5) is 0. The fourth-order valence-electron chi connectivity index (χ4n) is 3.93. The van der Waals surface area contributed by atoms with E-state index in [1.165, 1.54) is 11.3 Å². The number of aryl methyl sites for hydroxylation is 1. The Bertz CT molecular complexity index is 1090. The summed E-state index contributed by atoms with van der Waals surface area (Å²) in [5.74, 6) is 0.0385. The maximum atomic E-state index is 14.1. The number of halogens is 1. The summed E-state index contributed by atoms with van der Waals surface area (Å²) in [6, 6.07) is 6.95. The lowest BCUT2D eigenvalue weighted by atomic mass is 10.00. The third-order valence-electron chi connectivity index (χ3n) is 5.48. The van der Waals surface area contributed by atoms with Crippen molar-refractivity contribution in [3.05, 3.63) is 47.6 Å². The van der Waals surface area contributed by atoms with Crippen molar-refractivity contribution >= 4 is 11.3 Å². The Kier molecular flexibility index (Phi) is 4.36. The van der Waals surface area contributed by atoms with Crippen LogP contribution in [0.1, 0.15) is 25.5 Å². The number of piperidine rings is 1. The first-order chi connectivity index (χ1) is 14.0. The summed E-state index contributed by atoms with van der Waals surface area (Å²) in [6.45, 7) is 3.74. The Morgan fingerprint density at radius 2 is 2.03 bits per heavy atom. The average molecular weight is 413 g/mol. The standard InChI is InChI=1S/C20H20FN5O2S/c1-10-5-6-26(25-10)12-3-4-14(17(27)7-12)19-23-24-20(29-19)28-13-8-15-11(2)18(21)16(9-13)22-15/h3-7,13,15-16,22,27H,8-9H2,1-2H3. The van der Waals surface area contributed by atoms with Crippen LogP contribution in [0, 0.1) is 6.92 Å². The Balaban J connectivity index is 1.32. The lowest BCUT2D eigenvalue weighted by Crippen LogP contribution is -2.44. The number of hydrogen-bond acceptors (Lipinski definition) is 7. The molecular weight excluding hydrogens is 393 g/mol. The molecule has 150 valence electrons. The maximum Gasteiger partial charge on any atom is 0.294 e. The zero-order valence-corrected chi connectivity index (χ0v) is 16.8. The van der Waals surface area contributed by atoms with Crippen LogP contribution >= 0.6 is 11.3 Å². The van der Waals surface area contributed by atoms with Crippen molar-refractivity contribution in [2.75, 3.05) is 0 Å². The molecule has 1 fully saturated rings. The largest absolute Gasteiger partial charge is 0.507 e. The van der Waals surface area contributed by atoms with E-state index in [9.17, 15) is 9.50 Å². The summed E-state index contributed by atoms with van der Waals surface area (Å²) in [7, 11) is 0. The van der Waals surface area contributed by atoms with E-state index in [0.717, 1.165) is 17.0 Å². The minimum absolute atomic E-state index is 0.0219. The summed E-state index contributed by atoms with van der Waals surface area (Å²) in [6.07, 6.45) is 2.99. The molecule has 4 heterocycles. The first-order valence-electron chi connectivity index (χ1n) is 9.46. The van der Waals surface area contributed by atoms with Crippen LogP contribution in [0.15, 0.2) is 41.9 Å². The lowest BCUT2D eigenvalue weighted by Gasteiger charge is -2.29. The van der Waals surface area contributed by atoms with Crippen LogP contribution in [0.5, 0.6) is 10.9 Å². The second kappa shape index (κ2) is 6.93. The Hall–Kier alpha value is -2.78. The second-order valence-electron chi connectivity index (χ2n) is 7.49. The highest BCUT2D eigenvalue weighted by Crippen LogP contribution is 2.38. The number of nitrogens with zero attached hydrogens (tertiary/aromatic N) is 4. The fourth-order valence-corrected chi connectivity index (χ4v) is 4.72. The predicted molar refractivity (Wildman–Crippen MR) is 107 cm³/mol. The number of aromatic hydroxyl groups is 1. The Morgan fingerprint density at radius 1 is 1.21 bits per heavy atom. The van der Waals surface area contributed by atoms with Crippen LogP contribution in [0.2, 0.25) is 0 Å². The minimum Gasteiger partial charge on any atom is -0.507 e. The molecule has 3 unspecified atom stereocenters. The van der Waals surface area contributed by atoms with Crippen molar-refractivity contribution in [1.82, 2.24) is 25.3 Å². The highest BCUT2D eigenvalue weighted by molar-refractivity contribution is 7.16. The molecule has 1 aromatic carbocycles. The number of rotatable bonds is 4. The van der Waals surface area contributed by atoms with E-state index < -0.39 is 0 Å². The highest BCUT2D eigenvalue weighted by Gasteiger charge is 2.40. The minimum atomic E-state index is -0.270. The zero-order valence-electron chi connectivity index (χ0n) is 16.0. The molecule has 2 bridgehead atoms. The van der Waals surface area contributed by atoms with Gasteiger partial charge in [-0.05, 0) is 37.6 Å². The van der Waals surface area contributed by atoms with E-state index in [-0.39, 0.29) is 29.8 Å². The lowest BCUT2D eigenvalue weighted by molar-refractivity contribution is 0.135. The number of phenolic OH excluding ortho intramolecular Hbond substituents is 1. The van der Waals surface area contributed by atoms with Gasteiger partial charge in [0.2, 0.25) is 0 Å². The van der Waals surface area contributed by atoms with Crippen molar-refractivity contribution in [1.29, 1.82) is 0 Å². The van der Waals surface area contributed by atoms with Crippen LogP contribution in [-0.2, 0) is 0 Å². The van der Waals surface area contributed by atoms with Crippen molar-refractivity contribution in [3.63, 3.8) is 0 Å². The quantitative estimate of drug-likeness (QED) is 0.681. The molecule has 5 rings (SSSR count). The number of phenols is 1. The molecule has 0 amide bonds. The van der Waals surface area contributed by atoms with Gasteiger partial charge in [0.15, 0.2) is 5.01 Å². The van der Waals surface area contributed by atoms with Crippen LogP contribution in [0.3, 0.4) is 0 Å². The topological polar surface area (TPSA) is 85.1 Å². The number of fused-ring (bicyclic) bond motifs is 2. The monoisotopic (exact) mass is 413 g/mol. The smallest absolute Gasteiger partial charge is 0.294 e. The van der Waals surface area contributed by atoms with E-state index in [1.54, 1.807) is 16.8 Å². The Morgan fingerprint density at radius 3 is 2.76 bits per heavy atom. The molecule has 7 nitrogen and oxygen atoms in total. The number of nitrogens with one attached hydrogen (secondary N) is 1. The van der Waals surface area contributed by atoms with Gasteiger partial charge in [0.05, 0.1) is 23.0 Å².